The van der Waals surface area contributed by atoms with Crippen LogP contribution in [-0.2, 0) is 4.79 Å². The monoisotopic (exact) mass is 370 g/mol. The number of nitro groups is 1. The lowest BCUT2D eigenvalue weighted by atomic mass is 10.2. The molecule has 23 heavy (non-hydrogen) atoms. The zero-order valence-corrected chi connectivity index (χ0v) is 13.7. The van der Waals surface area contributed by atoms with Gasteiger partial charge in [-0.3, -0.25) is 14.9 Å². The van der Waals surface area contributed by atoms with E-state index in [0.29, 0.717) is 21.3 Å². The van der Waals surface area contributed by atoms with Crippen LogP contribution in [0.4, 0.5) is 11.4 Å². The maximum Gasteiger partial charge on any atom is 0.288 e. The topological polar surface area (TPSA) is 72.2 Å². The molecule has 0 atom stereocenters. The number of carbonyl (C=O) groups is 1. The van der Waals surface area contributed by atoms with Gasteiger partial charge in [-0.2, -0.15) is 0 Å². The van der Waals surface area contributed by atoms with Crippen molar-refractivity contribution in [3.8, 4) is 0 Å². The van der Waals surface area contributed by atoms with E-state index < -0.39 is 10.8 Å². The smallest absolute Gasteiger partial charge is 0.288 e. The molecule has 0 unspecified atom stereocenters. The minimum absolute atomic E-state index is 0.0326. The highest BCUT2D eigenvalue weighted by Gasteiger charge is 2.11. The highest BCUT2D eigenvalue weighted by atomic mass is 35.5. The maximum absolute atomic E-state index is 11.9. The van der Waals surface area contributed by atoms with Crippen molar-refractivity contribution in [2.24, 2.45) is 0 Å². The third-order valence-corrected chi connectivity index (χ3v) is 3.48. The summed E-state index contributed by atoms with van der Waals surface area (Å²) in [7, 11) is 0. The van der Waals surface area contributed by atoms with Crippen molar-refractivity contribution in [1.29, 1.82) is 0 Å². The number of nitro benzene ring substituents is 1. The van der Waals surface area contributed by atoms with E-state index in [-0.39, 0.29) is 10.7 Å². The predicted octanol–water partition coefficient (Wildman–Crippen LogP) is 5.21. The molecular weight excluding hydrogens is 363 g/mol. The molecule has 2 rings (SSSR count). The molecule has 0 saturated heterocycles. The number of carbonyl (C=O) groups excluding carboxylic acids is 1. The normalized spacial score (nSPS) is 10.7. The molecule has 0 fully saturated rings. The van der Waals surface area contributed by atoms with Crippen LogP contribution in [0.2, 0.25) is 15.1 Å². The molecule has 0 aliphatic heterocycles. The second-order valence-corrected chi connectivity index (χ2v) is 5.73. The Morgan fingerprint density at radius 3 is 2.35 bits per heavy atom. The van der Waals surface area contributed by atoms with E-state index in [1.54, 1.807) is 24.3 Å². The van der Waals surface area contributed by atoms with Crippen molar-refractivity contribution in [2.45, 2.75) is 0 Å². The van der Waals surface area contributed by atoms with Gasteiger partial charge >= 0.3 is 0 Å². The van der Waals surface area contributed by atoms with Crippen LogP contribution in [-0.4, -0.2) is 10.8 Å². The van der Waals surface area contributed by atoms with E-state index in [2.05, 4.69) is 5.32 Å². The summed E-state index contributed by atoms with van der Waals surface area (Å²) in [6.07, 6.45) is 2.67. The third-order valence-electron chi connectivity index (χ3n) is 2.72. The Morgan fingerprint density at radius 1 is 1.09 bits per heavy atom. The number of hydrogen-bond donors (Lipinski definition) is 1. The lowest BCUT2D eigenvalue weighted by Gasteiger charge is -2.03. The van der Waals surface area contributed by atoms with Gasteiger partial charge in [0.2, 0.25) is 5.91 Å². The van der Waals surface area contributed by atoms with Crippen molar-refractivity contribution < 1.29 is 9.72 Å². The van der Waals surface area contributed by atoms with Gasteiger partial charge in [-0.05, 0) is 35.9 Å². The van der Waals surface area contributed by atoms with Crippen molar-refractivity contribution in [2.75, 3.05) is 5.32 Å². The van der Waals surface area contributed by atoms with Gasteiger partial charge in [-0.15, -0.1) is 0 Å². The minimum atomic E-state index is -0.590. The number of nitrogens with one attached hydrogen (secondary N) is 1. The number of halogens is 3. The molecule has 1 N–H and O–H groups in total. The van der Waals surface area contributed by atoms with Crippen molar-refractivity contribution in [3.05, 3.63) is 73.2 Å². The Labute approximate surface area is 146 Å². The minimum Gasteiger partial charge on any atom is -0.322 e. The fraction of sp³-hybridized carbons (Fsp3) is 0. The average molecular weight is 372 g/mol. The molecule has 0 heterocycles. The molecule has 0 radical (unpaired) electrons. The van der Waals surface area contributed by atoms with Gasteiger partial charge in [0.25, 0.3) is 5.69 Å². The first-order valence-corrected chi connectivity index (χ1v) is 7.37. The molecule has 0 aliphatic rings. The summed E-state index contributed by atoms with van der Waals surface area (Å²) in [5.41, 5.74) is 0.690. The standard InChI is InChI=1S/C15H9Cl3N2O3/c16-10-6-11(17)8-12(7-10)19-15(21)4-2-9-1-3-13(18)14(5-9)20(22)23/h1-8H,(H,19,21). The van der Waals surface area contributed by atoms with Crippen LogP contribution in [0, 0.1) is 10.1 Å². The molecule has 2 aromatic rings. The van der Waals surface area contributed by atoms with Crippen LogP contribution >= 0.6 is 34.8 Å². The van der Waals surface area contributed by atoms with Crippen molar-refractivity contribution >= 4 is 58.2 Å². The van der Waals surface area contributed by atoms with Crippen molar-refractivity contribution in [1.82, 2.24) is 0 Å². The van der Waals surface area contributed by atoms with Gasteiger partial charge in [0.15, 0.2) is 0 Å². The van der Waals surface area contributed by atoms with E-state index in [9.17, 15) is 14.9 Å². The Bertz CT molecular complexity index is 786. The molecule has 0 bridgehead atoms. The third kappa shape index (κ3) is 4.96. The molecule has 2 aromatic carbocycles. The van der Waals surface area contributed by atoms with Gasteiger partial charge in [-0.25, -0.2) is 0 Å². The van der Waals surface area contributed by atoms with Crippen LogP contribution < -0.4 is 5.32 Å². The number of hydrogen-bond acceptors (Lipinski definition) is 3. The summed E-state index contributed by atoms with van der Waals surface area (Å²) in [5, 5.41) is 14.2. The van der Waals surface area contributed by atoms with Crippen LogP contribution in [0.3, 0.4) is 0 Å². The number of rotatable bonds is 4. The zero-order valence-electron chi connectivity index (χ0n) is 11.4. The fourth-order valence-corrected chi connectivity index (χ4v) is 2.47. The average Bonchev–Trinajstić information content (AvgIpc) is 2.45. The summed E-state index contributed by atoms with van der Waals surface area (Å²) in [6.45, 7) is 0. The maximum atomic E-state index is 11.9. The quantitative estimate of drug-likeness (QED) is 0.456. The van der Waals surface area contributed by atoms with E-state index in [4.69, 9.17) is 34.8 Å². The number of benzene rings is 2. The summed E-state index contributed by atoms with van der Waals surface area (Å²) >= 11 is 17.4. The number of amides is 1. The summed E-state index contributed by atoms with van der Waals surface area (Å²) in [4.78, 5) is 22.1. The lowest BCUT2D eigenvalue weighted by Crippen LogP contribution is -2.07. The van der Waals surface area contributed by atoms with E-state index >= 15 is 0 Å². The van der Waals surface area contributed by atoms with Gasteiger partial charge in [0, 0.05) is 27.9 Å². The zero-order chi connectivity index (χ0) is 17.0. The second kappa shape index (κ2) is 7.46. The first-order valence-electron chi connectivity index (χ1n) is 6.24. The van der Waals surface area contributed by atoms with Gasteiger partial charge in [0.05, 0.1) is 4.92 Å². The second-order valence-electron chi connectivity index (χ2n) is 4.45. The Balaban J connectivity index is 2.12. The first-order chi connectivity index (χ1) is 10.8. The first kappa shape index (κ1) is 17.3. The fourth-order valence-electron chi connectivity index (χ4n) is 1.76. The van der Waals surface area contributed by atoms with E-state index in [1.165, 1.54) is 24.3 Å². The Kier molecular flexibility index (Phi) is 5.60. The Morgan fingerprint density at radius 2 is 1.74 bits per heavy atom. The van der Waals surface area contributed by atoms with Gasteiger partial charge in [0.1, 0.15) is 5.02 Å². The highest BCUT2D eigenvalue weighted by Crippen LogP contribution is 2.26. The summed E-state index contributed by atoms with van der Waals surface area (Å²) in [5.74, 6) is -0.430. The van der Waals surface area contributed by atoms with Crippen LogP contribution in [0.15, 0.2) is 42.5 Å². The molecule has 0 aliphatic carbocycles. The molecule has 0 saturated carbocycles. The van der Waals surface area contributed by atoms with Gasteiger partial charge in [-0.1, -0.05) is 40.9 Å². The molecule has 118 valence electrons. The molecule has 0 spiro atoms. The van der Waals surface area contributed by atoms with E-state index in [0.717, 1.165) is 0 Å². The summed E-state index contributed by atoms with van der Waals surface area (Å²) < 4.78 is 0. The highest BCUT2D eigenvalue weighted by molar-refractivity contribution is 6.35. The molecule has 8 heteroatoms. The van der Waals surface area contributed by atoms with Crippen LogP contribution in [0.1, 0.15) is 5.56 Å². The summed E-state index contributed by atoms with van der Waals surface area (Å²) in [6, 6.07) is 8.88. The number of anilines is 1. The van der Waals surface area contributed by atoms with E-state index in [1.807, 2.05) is 0 Å². The largest absolute Gasteiger partial charge is 0.322 e. The molecule has 5 nitrogen and oxygen atoms in total. The Hall–Kier alpha value is -2.08. The predicted molar refractivity (Wildman–Crippen MR) is 92.2 cm³/mol. The molecule has 0 aromatic heterocycles. The molecule has 1 amide bonds. The van der Waals surface area contributed by atoms with Crippen LogP contribution in [0.5, 0.6) is 0 Å². The SMILES string of the molecule is O=C(C=Cc1ccc(Cl)c([N+](=O)[O-])c1)Nc1cc(Cl)cc(Cl)c1. The lowest BCUT2D eigenvalue weighted by molar-refractivity contribution is -0.384. The van der Waals surface area contributed by atoms with Crippen molar-refractivity contribution in [3.63, 3.8) is 0 Å². The molecular formula is C15H9Cl3N2O3. The van der Waals surface area contributed by atoms with Crippen LogP contribution in [0.25, 0.3) is 6.08 Å². The number of nitrogens with zero attached hydrogens (tertiary/aromatic N) is 1. The van der Waals surface area contributed by atoms with Gasteiger partial charge < -0.3 is 5.32 Å².